The number of aromatic hydroxyl groups is 2. The Labute approximate surface area is 117 Å². The minimum Gasteiger partial charge on any atom is -0.508 e. The number of carbonyl (C=O) groups is 1. The van der Waals surface area contributed by atoms with E-state index in [1.54, 1.807) is 11.1 Å². The lowest BCUT2D eigenvalue weighted by atomic mass is 10.1. The van der Waals surface area contributed by atoms with Crippen molar-refractivity contribution in [1.29, 1.82) is 0 Å². The summed E-state index contributed by atoms with van der Waals surface area (Å²) in [6.45, 7) is 2.75. The molecule has 2 rings (SSSR count). The van der Waals surface area contributed by atoms with Crippen molar-refractivity contribution in [2.45, 2.75) is 13.5 Å². The molecule has 2 N–H and O–H groups in total. The van der Waals surface area contributed by atoms with Gasteiger partial charge in [-0.05, 0) is 31.2 Å². The average molecular weight is 272 g/mol. The number of hydrogen-bond donors (Lipinski definition) is 2. The van der Waals surface area contributed by atoms with E-state index in [1.807, 2.05) is 25.1 Å². The van der Waals surface area contributed by atoms with Crippen LogP contribution in [0.2, 0.25) is 0 Å². The highest BCUT2D eigenvalue weighted by Gasteiger charge is 2.16. The van der Waals surface area contributed by atoms with E-state index in [2.05, 4.69) is 4.98 Å². The summed E-state index contributed by atoms with van der Waals surface area (Å²) in [6.07, 6.45) is 1.67. The van der Waals surface area contributed by atoms with Crippen LogP contribution in [-0.2, 0) is 6.54 Å². The Bertz CT molecular complexity index is 579. The molecule has 1 amide bonds. The molecule has 0 aliphatic carbocycles. The molecule has 0 unspecified atom stereocenters. The van der Waals surface area contributed by atoms with Gasteiger partial charge in [0, 0.05) is 24.4 Å². The predicted octanol–water partition coefficient (Wildman–Crippen LogP) is 2.16. The fourth-order valence-electron chi connectivity index (χ4n) is 1.92. The number of pyridine rings is 1. The standard InChI is InChI=1S/C15H16N2O3/c1-2-17(10-12-5-3-4-6-16-12)15(20)11-7-13(18)9-14(19)8-11/h3-9,18-19H,2,10H2,1H3. The maximum Gasteiger partial charge on any atom is 0.254 e. The van der Waals surface area contributed by atoms with Crippen LogP contribution in [0.1, 0.15) is 23.0 Å². The van der Waals surface area contributed by atoms with E-state index in [9.17, 15) is 15.0 Å². The molecule has 0 aliphatic heterocycles. The van der Waals surface area contributed by atoms with Gasteiger partial charge in [0.05, 0.1) is 12.2 Å². The lowest BCUT2D eigenvalue weighted by molar-refractivity contribution is 0.0749. The zero-order valence-corrected chi connectivity index (χ0v) is 11.2. The molecule has 1 heterocycles. The molecular weight excluding hydrogens is 256 g/mol. The Hall–Kier alpha value is -2.56. The summed E-state index contributed by atoms with van der Waals surface area (Å²) in [5.74, 6) is -0.533. The average Bonchev–Trinajstić information content (AvgIpc) is 2.44. The molecule has 5 nitrogen and oxygen atoms in total. The summed E-state index contributed by atoms with van der Waals surface area (Å²) in [5, 5.41) is 18.9. The smallest absolute Gasteiger partial charge is 0.254 e. The summed E-state index contributed by atoms with van der Waals surface area (Å²) >= 11 is 0. The van der Waals surface area contributed by atoms with Gasteiger partial charge in [0.1, 0.15) is 11.5 Å². The summed E-state index contributed by atoms with van der Waals surface area (Å²) in [7, 11) is 0. The van der Waals surface area contributed by atoms with Gasteiger partial charge in [-0.3, -0.25) is 9.78 Å². The number of phenols is 2. The number of rotatable bonds is 4. The summed E-state index contributed by atoms with van der Waals surface area (Å²) in [4.78, 5) is 18.1. The molecule has 0 aliphatic rings. The Morgan fingerprint density at radius 2 is 1.90 bits per heavy atom. The van der Waals surface area contributed by atoms with Crippen molar-refractivity contribution in [3.8, 4) is 11.5 Å². The van der Waals surface area contributed by atoms with Crippen LogP contribution < -0.4 is 0 Å². The second kappa shape index (κ2) is 6.06. The lowest BCUT2D eigenvalue weighted by Crippen LogP contribution is -2.30. The lowest BCUT2D eigenvalue weighted by Gasteiger charge is -2.20. The van der Waals surface area contributed by atoms with Crippen LogP contribution in [0.4, 0.5) is 0 Å². The minimum absolute atomic E-state index is 0.137. The second-order valence-electron chi connectivity index (χ2n) is 4.38. The molecule has 0 radical (unpaired) electrons. The van der Waals surface area contributed by atoms with Gasteiger partial charge in [-0.25, -0.2) is 0 Å². The molecule has 104 valence electrons. The van der Waals surface area contributed by atoms with Crippen molar-refractivity contribution in [1.82, 2.24) is 9.88 Å². The SMILES string of the molecule is CCN(Cc1ccccn1)C(=O)c1cc(O)cc(O)c1. The van der Waals surface area contributed by atoms with Gasteiger partial charge >= 0.3 is 0 Å². The van der Waals surface area contributed by atoms with Crippen molar-refractivity contribution in [3.63, 3.8) is 0 Å². The van der Waals surface area contributed by atoms with E-state index < -0.39 is 0 Å². The summed E-state index contributed by atoms with van der Waals surface area (Å²) < 4.78 is 0. The van der Waals surface area contributed by atoms with Crippen molar-refractivity contribution < 1.29 is 15.0 Å². The molecule has 5 heteroatoms. The van der Waals surface area contributed by atoms with Crippen LogP contribution in [0.3, 0.4) is 0 Å². The third-order valence-corrected chi connectivity index (χ3v) is 2.90. The van der Waals surface area contributed by atoms with Crippen molar-refractivity contribution in [3.05, 3.63) is 53.9 Å². The molecule has 20 heavy (non-hydrogen) atoms. The monoisotopic (exact) mass is 272 g/mol. The first-order valence-corrected chi connectivity index (χ1v) is 6.32. The molecule has 1 aromatic carbocycles. The minimum atomic E-state index is -0.260. The summed E-state index contributed by atoms with van der Waals surface area (Å²) in [5.41, 5.74) is 1.03. The topological polar surface area (TPSA) is 73.7 Å². The van der Waals surface area contributed by atoms with E-state index >= 15 is 0 Å². The molecule has 1 aromatic heterocycles. The molecule has 0 fully saturated rings. The van der Waals surface area contributed by atoms with Gasteiger partial charge < -0.3 is 15.1 Å². The second-order valence-corrected chi connectivity index (χ2v) is 4.38. The first-order chi connectivity index (χ1) is 9.60. The molecule has 0 bridgehead atoms. The number of benzene rings is 1. The van der Waals surface area contributed by atoms with Crippen LogP contribution in [0, 0.1) is 0 Å². The van der Waals surface area contributed by atoms with E-state index in [-0.39, 0.29) is 23.0 Å². The molecule has 0 saturated heterocycles. The van der Waals surface area contributed by atoms with Gasteiger partial charge in [-0.15, -0.1) is 0 Å². The van der Waals surface area contributed by atoms with Gasteiger partial charge in [-0.1, -0.05) is 6.07 Å². The van der Waals surface area contributed by atoms with E-state index in [0.717, 1.165) is 5.69 Å². The summed E-state index contributed by atoms with van der Waals surface area (Å²) in [6, 6.07) is 9.38. The van der Waals surface area contributed by atoms with E-state index in [0.29, 0.717) is 13.1 Å². The van der Waals surface area contributed by atoms with Crippen molar-refractivity contribution >= 4 is 5.91 Å². The number of nitrogens with zero attached hydrogens (tertiary/aromatic N) is 2. The Morgan fingerprint density at radius 1 is 1.20 bits per heavy atom. The van der Waals surface area contributed by atoms with E-state index in [1.165, 1.54) is 18.2 Å². The quantitative estimate of drug-likeness (QED) is 0.894. The number of amides is 1. The predicted molar refractivity (Wildman–Crippen MR) is 74.4 cm³/mol. The maximum absolute atomic E-state index is 12.4. The highest BCUT2D eigenvalue weighted by Crippen LogP contribution is 2.21. The fourth-order valence-corrected chi connectivity index (χ4v) is 1.92. The van der Waals surface area contributed by atoms with Crippen LogP contribution in [0.25, 0.3) is 0 Å². The third-order valence-electron chi connectivity index (χ3n) is 2.90. The first kappa shape index (κ1) is 13.9. The number of carbonyl (C=O) groups excluding carboxylic acids is 1. The van der Waals surface area contributed by atoms with Gasteiger partial charge in [0.2, 0.25) is 0 Å². The van der Waals surface area contributed by atoms with Crippen LogP contribution >= 0.6 is 0 Å². The van der Waals surface area contributed by atoms with Gasteiger partial charge in [-0.2, -0.15) is 0 Å². The zero-order valence-electron chi connectivity index (χ0n) is 11.2. The maximum atomic E-state index is 12.4. The molecule has 0 spiro atoms. The molecule has 0 atom stereocenters. The number of phenolic OH excluding ortho intramolecular Hbond substituents is 2. The fraction of sp³-hybridized carbons (Fsp3) is 0.200. The molecule has 0 saturated carbocycles. The number of aromatic nitrogens is 1. The third kappa shape index (κ3) is 3.26. The molecular formula is C15H16N2O3. The highest BCUT2D eigenvalue weighted by molar-refractivity contribution is 5.95. The number of hydrogen-bond acceptors (Lipinski definition) is 4. The van der Waals surface area contributed by atoms with E-state index in [4.69, 9.17) is 0 Å². The van der Waals surface area contributed by atoms with Crippen molar-refractivity contribution in [2.24, 2.45) is 0 Å². The Morgan fingerprint density at radius 3 is 2.45 bits per heavy atom. The largest absolute Gasteiger partial charge is 0.508 e. The first-order valence-electron chi connectivity index (χ1n) is 6.32. The zero-order chi connectivity index (χ0) is 14.5. The van der Waals surface area contributed by atoms with Crippen LogP contribution in [0.15, 0.2) is 42.6 Å². The Balaban J connectivity index is 2.20. The molecule has 2 aromatic rings. The highest BCUT2D eigenvalue weighted by atomic mass is 16.3. The van der Waals surface area contributed by atoms with Crippen LogP contribution in [0.5, 0.6) is 11.5 Å². The van der Waals surface area contributed by atoms with Gasteiger partial charge in [0.25, 0.3) is 5.91 Å². The van der Waals surface area contributed by atoms with Crippen molar-refractivity contribution in [2.75, 3.05) is 6.54 Å². The van der Waals surface area contributed by atoms with Gasteiger partial charge in [0.15, 0.2) is 0 Å². The normalized spacial score (nSPS) is 10.2. The van der Waals surface area contributed by atoms with Crippen LogP contribution in [-0.4, -0.2) is 32.5 Å². The Kier molecular flexibility index (Phi) is 4.20.